The molecule has 0 aliphatic heterocycles. The van der Waals surface area contributed by atoms with Crippen LogP contribution in [0.25, 0.3) is 0 Å². The van der Waals surface area contributed by atoms with Crippen molar-refractivity contribution < 1.29 is 9.13 Å². The highest BCUT2D eigenvalue weighted by Gasteiger charge is 2.26. The highest BCUT2D eigenvalue weighted by Crippen LogP contribution is 2.24. The lowest BCUT2D eigenvalue weighted by molar-refractivity contribution is 0.170. The quantitative estimate of drug-likeness (QED) is 0.837. The van der Waals surface area contributed by atoms with Gasteiger partial charge in [0, 0.05) is 18.0 Å². The summed E-state index contributed by atoms with van der Waals surface area (Å²) >= 11 is 0. The molecule has 18 heavy (non-hydrogen) atoms. The summed E-state index contributed by atoms with van der Waals surface area (Å²) < 4.78 is 19.1. The number of hydrogen-bond donors (Lipinski definition) is 1. The second-order valence-electron chi connectivity index (χ2n) is 6.04. The van der Waals surface area contributed by atoms with Gasteiger partial charge in [-0.1, -0.05) is 19.9 Å². The van der Waals surface area contributed by atoms with Crippen molar-refractivity contribution in [3.63, 3.8) is 0 Å². The molecule has 1 aromatic carbocycles. The van der Waals surface area contributed by atoms with Crippen molar-refractivity contribution >= 4 is 0 Å². The topological polar surface area (TPSA) is 21.3 Å². The average Bonchev–Trinajstić information content (AvgIpc) is 3.12. The molecule has 0 unspecified atom stereocenters. The highest BCUT2D eigenvalue weighted by molar-refractivity contribution is 5.29. The Kier molecular flexibility index (Phi) is 3.91. The Bertz CT molecular complexity index is 413. The van der Waals surface area contributed by atoms with Gasteiger partial charge >= 0.3 is 0 Å². The van der Waals surface area contributed by atoms with Crippen LogP contribution in [0.15, 0.2) is 18.2 Å². The molecule has 2 rings (SSSR count). The van der Waals surface area contributed by atoms with Crippen LogP contribution in [0.5, 0.6) is 5.75 Å². The van der Waals surface area contributed by atoms with Gasteiger partial charge in [-0.25, -0.2) is 4.39 Å². The van der Waals surface area contributed by atoms with E-state index in [1.807, 2.05) is 6.92 Å². The van der Waals surface area contributed by atoms with Gasteiger partial charge in [0.2, 0.25) is 0 Å². The van der Waals surface area contributed by atoms with Gasteiger partial charge < -0.3 is 10.1 Å². The smallest absolute Gasteiger partial charge is 0.165 e. The van der Waals surface area contributed by atoms with E-state index in [4.69, 9.17) is 4.74 Å². The second kappa shape index (κ2) is 5.27. The van der Waals surface area contributed by atoms with Crippen molar-refractivity contribution in [3.8, 4) is 5.75 Å². The molecule has 100 valence electrons. The first-order valence-electron chi connectivity index (χ1n) is 6.59. The maximum Gasteiger partial charge on any atom is 0.165 e. The molecular weight excluding hydrogens is 229 g/mol. The lowest BCUT2D eigenvalue weighted by Crippen LogP contribution is -2.35. The lowest BCUT2D eigenvalue weighted by Gasteiger charge is -2.25. The van der Waals surface area contributed by atoms with Crippen LogP contribution in [0.1, 0.15) is 32.3 Å². The molecule has 1 aromatic rings. The van der Waals surface area contributed by atoms with Gasteiger partial charge in [-0.3, -0.25) is 0 Å². The minimum atomic E-state index is -0.286. The molecule has 0 spiro atoms. The molecule has 0 aromatic heterocycles. The number of halogens is 1. The molecule has 0 radical (unpaired) electrons. The van der Waals surface area contributed by atoms with E-state index >= 15 is 0 Å². The largest absolute Gasteiger partial charge is 0.490 e. The first-order chi connectivity index (χ1) is 8.46. The molecule has 0 amide bonds. The third-order valence-corrected chi connectivity index (χ3v) is 3.15. The molecule has 3 heteroatoms. The van der Waals surface area contributed by atoms with Crippen LogP contribution in [-0.4, -0.2) is 19.2 Å². The van der Waals surface area contributed by atoms with Crippen molar-refractivity contribution in [1.82, 2.24) is 5.32 Å². The molecule has 1 N–H and O–H groups in total. The number of rotatable bonds is 6. The van der Waals surface area contributed by atoms with Gasteiger partial charge in [0.05, 0.1) is 6.61 Å². The zero-order valence-corrected chi connectivity index (χ0v) is 11.4. The van der Waals surface area contributed by atoms with E-state index in [0.717, 1.165) is 12.1 Å². The fourth-order valence-electron chi connectivity index (χ4n) is 1.75. The van der Waals surface area contributed by atoms with Crippen molar-refractivity contribution in [2.75, 3.05) is 13.2 Å². The van der Waals surface area contributed by atoms with Crippen LogP contribution in [0.3, 0.4) is 0 Å². The van der Waals surface area contributed by atoms with E-state index in [2.05, 4.69) is 19.2 Å². The standard InChI is InChI=1S/C15H22FNO/c1-11-4-7-13(16)14(8-11)18-10-15(2,3)9-17-12-5-6-12/h4,7-8,12,17H,5-6,9-10H2,1-3H3. The van der Waals surface area contributed by atoms with E-state index in [-0.39, 0.29) is 11.2 Å². The Morgan fingerprint density at radius 1 is 1.39 bits per heavy atom. The maximum absolute atomic E-state index is 13.5. The number of nitrogens with one attached hydrogen (secondary N) is 1. The zero-order valence-electron chi connectivity index (χ0n) is 11.4. The van der Waals surface area contributed by atoms with E-state index in [0.29, 0.717) is 18.4 Å². The summed E-state index contributed by atoms with van der Waals surface area (Å²) in [4.78, 5) is 0. The molecule has 2 nitrogen and oxygen atoms in total. The Hall–Kier alpha value is -1.09. The summed E-state index contributed by atoms with van der Waals surface area (Å²) in [7, 11) is 0. The van der Waals surface area contributed by atoms with Crippen molar-refractivity contribution in [3.05, 3.63) is 29.6 Å². The summed E-state index contributed by atoms with van der Waals surface area (Å²) in [6, 6.07) is 5.65. The fraction of sp³-hybridized carbons (Fsp3) is 0.600. The van der Waals surface area contributed by atoms with Crippen LogP contribution in [0.2, 0.25) is 0 Å². The third kappa shape index (κ3) is 3.98. The first-order valence-corrected chi connectivity index (χ1v) is 6.59. The predicted molar refractivity (Wildman–Crippen MR) is 71.4 cm³/mol. The second-order valence-corrected chi connectivity index (χ2v) is 6.04. The fourth-order valence-corrected chi connectivity index (χ4v) is 1.75. The van der Waals surface area contributed by atoms with E-state index < -0.39 is 0 Å². The minimum Gasteiger partial charge on any atom is -0.490 e. The molecule has 1 aliphatic rings. The van der Waals surface area contributed by atoms with Crippen LogP contribution < -0.4 is 10.1 Å². The zero-order chi connectivity index (χ0) is 13.2. The molecule has 0 heterocycles. The molecular formula is C15H22FNO. The summed E-state index contributed by atoms with van der Waals surface area (Å²) in [5.74, 6) is 0.0704. The maximum atomic E-state index is 13.5. The lowest BCUT2D eigenvalue weighted by atomic mass is 9.95. The van der Waals surface area contributed by atoms with Crippen LogP contribution in [0, 0.1) is 18.2 Å². The van der Waals surface area contributed by atoms with E-state index in [1.165, 1.54) is 18.9 Å². The van der Waals surface area contributed by atoms with E-state index in [1.54, 1.807) is 12.1 Å². The average molecular weight is 251 g/mol. The number of benzene rings is 1. The number of hydrogen-bond acceptors (Lipinski definition) is 2. The molecule has 1 aliphatic carbocycles. The van der Waals surface area contributed by atoms with Crippen molar-refractivity contribution in [2.45, 2.75) is 39.7 Å². The third-order valence-electron chi connectivity index (χ3n) is 3.15. The van der Waals surface area contributed by atoms with Crippen LogP contribution >= 0.6 is 0 Å². The Morgan fingerprint density at radius 2 is 2.11 bits per heavy atom. The van der Waals surface area contributed by atoms with Crippen molar-refractivity contribution in [1.29, 1.82) is 0 Å². The Balaban J connectivity index is 1.86. The van der Waals surface area contributed by atoms with Gasteiger partial charge in [0.15, 0.2) is 11.6 Å². The van der Waals surface area contributed by atoms with E-state index in [9.17, 15) is 4.39 Å². The molecule has 1 saturated carbocycles. The van der Waals surface area contributed by atoms with Gasteiger partial charge in [-0.05, 0) is 37.5 Å². The predicted octanol–water partition coefficient (Wildman–Crippen LogP) is 3.29. The summed E-state index contributed by atoms with van der Waals surface area (Å²) in [6.07, 6.45) is 2.56. The van der Waals surface area contributed by atoms with Gasteiger partial charge in [0.25, 0.3) is 0 Å². The Morgan fingerprint density at radius 3 is 2.78 bits per heavy atom. The van der Waals surface area contributed by atoms with Crippen LogP contribution in [-0.2, 0) is 0 Å². The van der Waals surface area contributed by atoms with Crippen LogP contribution in [0.4, 0.5) is 4.39 Å². The summed E-state index contributed by atoms with van der Waals surface area (Å²) in [6.45, 7) is 7.64. The monoisotopic (exact) mass is 251 g/mol. The van der Waals surface area contributed by atoms with Crippen molar-refractivity contribution in [2.24, 2.45) is 5.41 Å². The molecule has 0 bridgehead atoms. The van der Waals surface area contributed by atoms with Gasteiger partial charge in [-0.2, -0.15) is 0 Å². The molecule has 1 fully saturated rings. The summed E-state index contributed by atoms with van der Waals surface area (Å²) in [5.41, 5.74) is 1.03. The molecule has 0 saturated heterocycles. The highest BCUT2D eigenvalue weighted by atomic mass is 19.1. The normalized spacial score (nSPS) is 15.8. The number of aryl methyl sites for hydroxylation is 1. The minimum absolute atomic E-state index is 0.0127. The Labute approximate surface area is 109 Å². The van der Waals surface area contributed by atoms with Gasteiger partial charge in [0.1, 0.15) is 0 Å². The summed E-state index contributed by atoms with van der Waals surface area (Å²) in [5, 5.41) is 3.49. The first kappa shape index (κ1) is 13.3. The van der Waals surface area contributed by atoms with Gasteiger partial charge in [-0.15, -0.1) is 0 Å². The SMILES string of the molecule is Cc1ccc(F)c(OCC(C)(C)CNC2CC2)c1. The molecule has 0 atom stereocenters. The number of ether oxygens (including phenoxy) is 1.